The van der Waals surface area contributed by atoms with Crippen molar-refractivity contribution in [2.75, 3.05) is 13.6 Å². The number of hydrogen-bond acceptors (Lipinski definition) is 2. The predicted octanol–water partition coefficient (Wildman–Crippen LogP) is 2.48. The molecule has 0 heterocycles. The Hall–Kier alpha value is -1.49. The number of hydrogen-bond donors (Lipinski definition) is 1. The van der Waals surface area contributed by atoms with Crippen molar-refractivity contribution in [1.29, 1.82) is 0 Å². The van der Waals surface area contributed by atoms with E-state index >= 15 is 0 Å². The number of carbonyl (C=O) groups is 1. The lowest BCUT2D eigenvalue weighted by molar-refractivity contribution is -0.122. The van der Waals surface area contributed by atoms with E-state index in [2.05, 4.69) is 5.32 Å². The number of rotatable bonds is 5. The van der Waals surface area contributed by atoms with Crippen LogP contribution in [0.25, 0.3) is 0 Å². The summed E-state index contributed by atoms with van der Waals surface area (Å²) in [6, 6.07) is 3.70. The average molecular weight is 270 g/mol. The third kappa shape index (κ3) is 4.59. The van der Waals surface area contributed by atoms with Crippen molar-refractivity contribution in [1.82, 2.24) is 10.2 Å². The zero-order valence-electron chi connectivity index (χ0n) is 11.7. The highest BCUT2D eigenvalue weighted by molar-refractivity contribution is 5.78. The maximum atomic E-state index is 13.2. The van der Waals surface area contributed by atoms with Crippen LogP contribution < -0.4 is 5.32 Å². The second-order valence-corrected chi connectivity index (χ2v) is 4.99. The molecule has 1 amide bonds. The van der Waals surface area contributed by atoms with E-state index in [1.165, 1.54) is 6.07 Å². The zero-order valence-corrected chi connectivity index (χ0v) is 11.7. The van der Waals surface area contributed by atoms with Crippen molar-refractivity contribution >= 4 is 5.91 Å². The van der Waals surface area contributed by atoms with Crippen LogP contribution in [-0.2, 0) is 4.79 Å². The topological polar surface area (TPSA) is 32.3 Å². The lowest BCUT2D eigenvalue weighted by atomic mass is 10.1. The molecular weight excluding hydrogens is 250 g/mol. The molecule has 1 unspecified atom stereocenters. The molecule has 0 saturated carbocycles. The summed E-state index contributed by atoms with van der Waals surface area (Å²) >= 11 is 0. The first-order valence-corrected chi connectivity index (χ1v) is 6.25. The fourth-order valence-corrected chi connectivity index (χ4v) is 1.76. The Balaban J connectivity index is 2.68. The number of amides is 1. The molecule has 106 valence electrons. The van der Waals surface area contributed by atoms with E-state index in [0.29, 0.717) is 5.56 Å². The first kappa shape index (κ1) is 15.6. The maximum absolute atomic E-state index is 13.2. The summed E-state index contributed by atoms with van der Waals surface area (Å²) in [6.45, 7) is 5.82. The number of carbonyl (C=O) groups excluding carboxylic acids is 1. The predicted molar refractivity (Wildman–Crippen MR) is 70.7 cm³/mol. The summed E-state index contributed by atoms with van der Waals surface area (Å²) in [5.41, 5.74) is 0.638. The second-order valence-electron chi connectivity index (χ2n) is 4.99. The van der Waals surface area contributed by atoms with E-state index in [0.717, 1.165) is 12.1 Å². The first-order chi connectivity index (χ1) is 8.81. The summed E-state index contributed by atoms with van der Waals surface area (Å²) in [5, 5.41) is 2.79. The zero-order chi connectivity index (χ0) is 14.6. The van der Waals surface area contributed by atoms with Crippen molar-refractivity contribution < 1.29 is 13.6 Å². The van der Waals surface area contributed by atoms with Crippen molar-refractivity contribution in [3.8, 4) is 0 Å². The molecule has 1 aromatic carbocycles. The highest BCUT2D eigenvalue weighted by Crippen LogP contribution is 2.20. The van der Waals surface area contributed by atoms with Crippen molar-refractivity contribution in [3.63, 3.8) is 0 Å². The Kier molecular flexibility index (Phi) is 5.42. The van der Waals surface area contributed by atoms with Crippen LogP contribution in [0.4, 0.5) is 8.78 Å². The molecule has 0 aliphatic rings. The number of likely N-dealkylation sites (N-methyl/N-ethyl adjacent to an activating group) is 1. The van der Waals surface area contributed by atoms with Gasteiger partial charge in [-0.15, -0.1) is 0 Å². The molecule has 1 aromatic rings. The molecule has 0 aliphatic carbocycles. The monoisotopic (exact) mass is 270 g/mol. The van der Waals surface area contributed by atoms with Gasteiger partial charge < -0.3 is 5.32 Å². The van der Waals surface area contributed by atoms with Gasteiger partial charge in [-0.25, -0.2) is 8.78 Å². The number of halogens is 2. The highest BCUT2D eigenvalue weighted by atomic mass is 19.2. The molecule has 5 heteroatoms. The average Bonchev–Trinajstić information content (AvgIpc) is 2.30. The lowest BCUT2D eigenvalue weighted by Crippen LogP contribution is -2.39. The molecule has 0 fully saturated rings. The van der Waals surface area contributed by atoms with Crippen molar-refractivity contribution in [3.05, 3.63) is 35.4 Å². The van der Waals surface area contributed by atoms with E-state index in [9.17, 15) is 13.6 Å². The largest absolute Gasteiger partial charge is 0.353 e. The molecule has 0 aliphatic heterocycles. The third-order valence-corrected chi connectivity index (χ3v) is 2.93. The molecule has 0 bridgehead atoms. The molecule has 1 N–H and O–H groups in total. The third-order valence-electron chi connectivity index (χ3n) is 2.93. The van der Waals surface area contributed by atoms with Gasteiger partial charge >= 0.3 is 0 Å². The van der Waals surface area contributed by atoms with Gasteiger partial charge in [-0.2, -0.15) is 0 Å². The summed E-state index contributed by atoms with van der Waals surface area (Å²) in [7, 11) is 1.77. The van der Waals surface area contributed by atoms with Crippen LogP contribution in [0.1, 0.15) is 32.4 Å². The van der Waals surface area contributed by atoms with Crippen molar-refractivity contribution in [2.24, 2.45) is 0 Å². The van der Waals surface area contributed by atoms with E-state index in [1.54, 1.807) is 11.9 Å². The Morgan fingerprint density at radius 1 is 1.26 bits per heavy atom. The SMILES string of the molecule is CC(C)NC(=O)CN(C)C(C)c1ccc(F)c(F)c1. The van der Waals surface area contributed by atoms with Gasteiger partial charge in [-0.05, 0) is 45.5 Å². The minimum atomic E-state index is -0.871. The Morgan fingerprint density at radius 3 is 2.42 bits per heavy atom. The van der Waals surface area contributed by atoms with Gasteiger partial charge in [0.1, 0.15) is 0 Å². The van der Waals surface area contributed by atoms with Crippen LogP contribution in [0.3, 0.4) is 0 Å². The molecule has 0 saturated heterocycles. The fourth-order valence-electron chi connectivity index (χ4n) is 1.76. The molecule has 1 rings (SSSR count). The van der Waals surface area contributed by atoms with E-state index in [4.69, 9.17) is 0 Å². The van der Waals surface area contributed by atoms with Crippen LogP contribution in [0.15, 0.2) is 18.2 Å². The highest BCUT2D eigenvalue weighted by Gasteiger charge is 2.16. The Labute approximate surface area is 112 Å². The molecular formula is C14H20F2N2O. The van der Waals surface area contributed by atoms with Gasteiger partial charge in [-0.3, -0.25) is 9.69 Å². The van der Waals surface area contributed by atoms with E-state index in [-0.39, 0.29) is 24.5 Å². The quantitative estimate of drug-likeness (QED) is 0.891. The van der Waals surface area contributed by atoms with Gasteiger partial charge in [-0.1, -0.05) is 6.07 Å². The van der Waals surface area contributed by atoms with Gasteiger partial charge in [0.05, 0.1) is 6.54 Å². The summed E-state index contributed by atoms with van der Waals surface area (Å²) in [5.74, 6) is -1.83. The molecule has 0 radical (unpaired) electrons. The van der Waals surface area contributed by atoms with Crippen LogP contribution in [0.2, 0.25) is 0 Å². The van der Waals surface area contributed by atoms with Crippen LogP contribution >= 0.6 is 0 Å². The van der Waals surface area contributed by atoms with Crippen LogP contribution in [-0.4, -0.2) is 30.4 Å². The van der Waals surface area contributed by atoms with Gasteiger partial charge in [0.25, 0.3) is 0 Å². The molecule has 19 heavy (non-hydrogen) atoms. The van der Waals surface area contributed by atoms with Crippen molar-refractivity contribution in [2.45, 2.75) is 32.9 Å². The van der Waals surface area contributed by atoms with Gasteiger partial charge in [0, 0.05) is 12.1 Å². The van der Waals surface area contributed by atoms with E-state index < -0.39 is 11.6 Å². The van der Waals surface area contributed by atoms with Gasteiger partial charge in [0.15, 0.2) is 11.6 Å². The number of benzene rings is 1. The minimum Gasteiger partial charge on any atom is -0.353 e. The summed E-state index contributed by atoms with van der Waals surface area (Å²) in [4.78, 5) is 13.4. The molecule has 0 spiro atoms. The maximum Gasteiger partial charge on any atom is 0.234 e. The standard InChI is InChI=1S/C14H20F2N2O/c1-9(2)17-14(19)8-18(4)10(3)11-5-6-12(15)13(16)7-11/h5-7,9-10H,8H2,1-4H3,(H,17,19). The number of nitrogens with zero attached hydrogens (tertiary/aromatic N) is 1. The normalized spacial score (nSPS) is 12.8. The van der Waals surface area contributed by atoms with Crippen LogP contribution in [0.5, 0.6) is 0 Å². The fraction of sp³-hybridized carbons (Fsp3) is 0.500. The molecule has 1 atom stereocenters. The first-order valence-electron chi connectivity index (χ1n) is 6.25. The smallest absolute Gasteiger partial charge is 0.234 e. The molecule has 0 aromatic heterocycles. The Bertz CT molecular complexity index is 449. The van der Waals surface area contributed by atoms with Gasteiger partial charge in [0.2, 0.25) is 5.91 Å². The summed E-state index contributed by atoms with van der Waals surface area (Å²) < 4.78 is 26.0. The van der Waals surface area contributed by atoms with Crippen LogP contribution in [0, 0.1) is 11.6 Å². The summed E-state index contributed by atoms with van der Waals surface area (Å²) in [6.07, 6.45) is 0. The lowest BCUT2D eigenvalue weighted by Gasteiger charge is -2.25. The second kappa shape index (κ2) is 6.61. The van der Waals surface area contributed by atoms with E-state index in [1.807, 2.05) is 20.8 Å². The Morgan fingerprint density at radius 2 is 1.89 bits per heavy atom. The number of nitrogens with one attached hydrogen (secondary N) is 1. The minimum absolute atomic E-state index is 0.0828. The molecule has 3 nitrogen and oxygen atoms in total.